The van der Waals surface area contributed by atoms with Crippen molar-refractivity contribution in [3.05, 3.63) is 41.6 Å². The highest BCUT2D eigenvalue weighted by Gasteiger charge is 2.19. The normalized spacial score (nSPS) is 19.2. The van der Waals surface area contributed by atoms with E-state index >= 15 is 0 Å². The fraction of sp³-hybridized carbons (Fsp3) is 0.286. The predicted molar refractivity (Wildman–Crippen MR) is 68.9 cm³/mol. The molecule has 4 nitrogen and oxygen atoms in total. The van der Waals surface area contributed by atoms with E-state index in [0.29, 0.717) is 11.5 Å². The third-order valence-corrected chi connectivity index (χ3v) is 3.52. The van der Waals surface area contributed by atoms with Crippen LogP contribution in [0.2, 0.25) is 0 Å². The highest BCUT2D eigenvalue weighted by atomic mass is 16.4. The maximum Gasteiger partial charge on any atom is 0.335 e. The number of hydrogen-bond donors (Lipinski definition) is 2. The molecule has 0 radical (unpaired) electrons. The molecule has 4 heteroatoms. The quantitative estimate of drug-likeness (QED) is 0.845. The Labute approximate surface area is 105 Å². The van der Waals surface area contributed by atoms with Gasteiger partial charge in [-0.05, 0) is 48.7 Å². The van der Waals surface area contributed by atoms with Gasteiger partial charge in [-0.2, -0.15) is 0 Å². The molecule has 1 aliphatic heterocycles. The van der Waals surface area contributed by atoms with Gasteiger partial charge in [0.25, 0.3) is 0 Å². The van der Waals surface area contributed by atoms with Crippen LogP contribution in [-0.2, 0) is 0 Å². The van der Waals surface area contributed by atoms with Gasteiger partial charge in [-0.15, -0.1) is 0 Å². The van der Waals surface area contributed by atoms with Crippen LogP contribution >= 0.6 is 0 Å². The minimum absolute atomic E-state index is 0.322. The number of hydrogen-bond acceptors (Lipinski definition) is 3. The highest BCUT2D eigenvalue weighted by molar-refractivity contribution is 5.94. The number of aromatic carboxylic acids is 1. The van der Waals surface area contributed by atoms with Crippen LogP contribution in [-0.4, -0.2) is 29.1 Å². The number of carboxylic acids is 1. The van der Waals surface area contributed by atoms with E-state index in [9.17, 15) is 4.79 Å². The first-order chi connectivity index (χ1) is 8.75. The monoisotopic (exact) mass is 242 g/mol. The average molecular weight is 242 g/mol. The number of pyridine rings is 1. The molecule has 1 aromatic heterocycles. The highest BCUT2D eigenvalue weighted by Crippen LogP contribution is 2.29. The first-order valence-electron chi connectivity index (χ1n) is 6.08. The summed E-state index contributed by atoms with van der Waals surface area (Å²) in [5.74, 6) is -0.434. The third-order valence-electron chi connectivity index (χ3n) is 3.52. The Bertz CT molecular complexity index is 604. The van der Waals surface area contributed by atoms with Gasteiger partial charge in [0, 0.05) is 18.1 Å². The van der Waals surface area contributed by atoms with Crippen LogP contribution in [0.15, 0.2) is 30.5 Å². The van der Waals surface area contributed by atoms with Gasteiger partial charge in [0.1, 0.15) is 0 Å². The zero-order valence-corrected chi connectivity index (χ0v) is 9.89. The van der Waals surface area contributed by atoms with Gasteiger partial charge < -0.3 is 10.4 Å². The summed E-state index contributed by atoms with van der Waals surface area (Å²) in [4.78, 5) is 15.3. The SMILES string of the molecule is O=C(O)c1ccc2nccc(C3CCNC3)c2c1. The average Bonchev–Trinajstić information content (AvgIpc) is 2.91. The van der Waals surface area contributed by atoms with Crippen molar-refractivity contribution in [2.75, 3.05) is 13.1 Å². The summed E-state index contributed by atoms with van der Waals surface area (Å²) in [5, 5.41) is 13.4. The molecule has 92 valence electrons. The fourth-order valence-electron chi connectivity index (χ4n) is 2.58. The Morgan fingerprint density at radius 3 is 3.00 bits per heavy atom. The van der Waals surface area contributed by atoms with E-state index in [1.807, 2.05) is 6.07 Å². The molecule has 2 N–H and O–H groups in total. The molecule has 0 amide bonds. The van der Waals surface area contributed by atoms with Crippen LogP contribution < -0.4 is 5.32 Å². The van der Waals surface area contributed by atoms with Crippen molar-refractivity contribution in [1.82, 2.24) is 10.3 Å². The molecule has 2 heterocycles. The van der Waals surface area contributed by atoms with Gasteiger partial charge in [-0.25, -0.2) is 4.79 Å². The van der Waals surface area contributed by atoms with E-state index in [0.717, 1.165) is 30.4 Å². The molecule has 1 atom stereocenters. The van der Waals surface area contributed by atoms with Crippen LogP contribution in [0.4, 0.5) is 0 Å². The van der Waals surface area contributed by atoms with Crippen molar-refractivity contribution in [1.29, 1.82) is 0 Å². The zero-order valence-electron chi connectivity index (χ0n) is 9.89. The number of nitrogens with one attached hydrogen (secondary N) is 1. The molecule has 1 unspecified atom stereocenters. The number of aromatic nitrogens is 1. The van der Waals surface area contributed by atoms with Gasteiger partial charge in [0.15, 0.2) is 0 Å². The molecular formula is C14H14N2O2. The van der Waals surface area contributed by atoms with Crippen LogP contribution in [0.25, 0.3) is 10.9 Å². The standard InChI is InChI=1S/C14H14N2O2/c17-14(18)9-1-2-13-12(7-9)11(4-6-16-13)10-3-5-15-8-10/h1-2,4,6-7,10,15H,3,5,8H2,(H,17,18). The maximum atomic E-state index is 11.0. The maximum absolute atomic E-state index is 11.0. The van der Waals surface area contributed by atoms with Gasteiger partial charge in [-0.1, -0.05) is 0 Å². The molecule has 1 aromatic carbocycles. The molecule has 1 fully saturated rings. The van der Waals surface area contributed by atoms with Crippen LogP contribution in [0, 0.1) is 0 Å². The Hall–Kier alpha value is -1.94. The van der Waals surface area contributed by atoms with Crippen LogP contribution in [0.1, 0.15) is 28.3 Å². The largest absolute Gasteiger partial charge is 0.478 e. The fourth-order valence-corrected chi connectivity index (χ4v) is 2.58. The van der Waals surface area contributed by atoms with Gasteiger partial charge >= 0.3 is 5.97 Å². The van der Waals surface area contributed by atoms with E-state index in [4.69, 9.17) is 5.11 Å². The van der Waals surface area contributed by atoms with Gasteiger partial charge in [0.2, 0.25) is 0 Å². The summed E-state index contributed by atoms with van der Waals surface area (Å²) in [5.41, 5.74) is 2.39. The Morgan fingerprint density at radius 2 is 2.28 bits per heavy atom. The summed E-state index contributed by atoms with van der Waals surface area (Å²) in [6.45, 7) is 1.98. The third kappa shape index (κ3) is 1.84. The number of fused-ring (bicyclic) bond motifs is 1. The van der Waals surface area contributed by atoms with E-state index in [1.165, 1.54) is 5.56 Å². The molecule has 0 spiro atoms. The van der Waals surface area contributed by atoms with Crippen LogP contribution in [0.5, 0.6) is 0 Å². The predicted octanol–water partition coefficient (Wildman–Crippen LogP) is 2.01. The number of carboxylic acid groups (broad SMARTS) is 1. The van der Waals surface area contributed by atoms with E-state index in [1.54, 1.807) is 24.4 Å². The van der Waals surface area contributed by atoms with Crippen molar-refractivity contribution in [3.63, 3.8) is 0 Å². The summed E-state index contributed by atoms with van der Waals surface area (Å²) in [6.07, 6.45) is 2.90. The lowest BCUT2D eigenvalue weighted by molar-refractivity contribution is 0.0697. The molecule has 2 aromatic rings. The number of rotatable bonds is 2. The van der Waals surface area contributed by atoms with Crippen molar-refractivity contribution in [3.8, 4) is 0 Å². The van der Waals surface area contributed by atoms with Crippen molar-refractivity contribution < 1.29 is 9.90 Å². The number of nitrogens with zero attached hydrogens (tertiary/aromatic N) is 1. The van der Waals surface area contributed by atoms with Crippen molar-refractivity contribution >= 4 is 16.9 Å². The van der Waals surface area contributed by atoms with E-state index in [-0.39, 0.29) is 0 Å². The van der Waals surface area contributed by atoms with E-state index in [2.05, 4.69) is 10.3 Å². The molecule has 0 bridgehead atoms. The summed E-state index contributed by atoms with van der Waals surface area (Å²) < 4.78 is 0. The lowest BCUT2D eigenvalue weighted by Crippen LogP contribution is -2.08. The Kier molecular flexibility index (Phi) is 2.72. The lowest BCUT2D eigenvalue weighted by Gasteiger charge is -2.12. The topological polar surface area (TPSA) is 62.2 Å². The van der Waals surface area contributed by atoms with Crippen LogP contribution in [0.3, 0.4) is 0 Å². The summed E-state index contributed by atoms with van der Waals surface area (Å²) >= 11 is 0. The smallest absolute Gasteiger partial charge is 0.335 e. The second kappa shape index (κ2) is 4.38. The summed E-state index contributed by atoms with van der Waals surface area (Å²) in [7, 11) is 0. The molecule has 0 aliphatic carbocycles. The number of benzene rings is 1. The van der Waals surface area contributed by atoms with E-state index < -0.39 is 5.97 Å². The van der Waals surface area contributed by atoms with Crippen molar-refractivity contribution in [2.45, 2.75) is 12.3 Å². The molecule has 3 rings (SSSR count). The minimum Gasteiger partial charge on any atom is -0.478 e. The van der Waals surface area contributed by atoms with Gasteiger partial charge in [0.05, 0.1) is 11.1 Å². The molecular weight excluding hydrogens is 228 g/mol. The second-order valence-corrected chi connectivity index (χ2v) is 4.63. The first kappa shape index (κ1) is 11.2. The summed E-state index contributed by atoms with van der Waals surface area (Å²) in [6, 6.07) is 7.13. The second-order valence-electron chi connectivity index (χ2n) is 4.63. The minimum atomic E-state index is -0.892. The molecule has 18 heavy (non-hydrogen) atoms. The van der Waals surface area contributed by atoms with Gasteiger partial charge in [-0.3, -0.25) is 4.98 Å². The Balaban J connectivity index is 2.17. The zero-order chi connectivity index (χ0) is 12.5. The number of carbonyl (C=O) groups is 1. The Morgan fingerprint density at radius 1 is 1.39 bits per heavy atom. The molecule has 1 saturated heterocycles. The first-order valence-corrected chi connectivity index (χ1v) is 6.08. The van der Waals surface area contributed by atoms with Crippen molar-refractivity contribution in [2.24, 2.45) is 0 Å². The lowest BCUT2D eigenvalue weighted by atomic mass is 9.94. The molecule has 1 aliphatic rings. The molecule has 0 saturated carbocycles.